The van der Waals surface area contributed by atoms with Crippen molar-refractivity contribution < 1.29 is 17.6 Å². The summed E-state index contributed by atoms with van der Waals surface area (Å²) in [6.07, 6.45) is 0.411. The number of aromatic amines is 1. The van der Waals surface area contributed by atoms with Crippen molar-refractivity contribution in [3.8, 4) is 5.75 Å². The van der Waals surface area contributed by atoms with Crippen LogP contribution in [0.3, 0.4) is 0 Å². The van der Waals surface area contributed by atoms with Crippen molar-refractivity contribution in [3.63, 3.8) is 0 Å². The summed E-state index contributed by atoms with van der Waals surface area (Å²) in [5, 5.41) is 0. The number of ether oxygens (including phenoxy) is 1. The summed E-state index contributed by atoms with van der Waals surface area (Å²) >= 11 is 0. The summed E-state index contributed by atoms with van der Waals surface area (Å²) < 4.78 is 39.7. The summed E-state index contributed by atoms with van der Waals surface area (Å²) in [6.45, 7) is 0.172. The molecule has 4 aromatic rings. The molecule has 4 rings (SSSR count). The normalized spacial score (nSPS) is 12.1. The van der Waals surface area contributed by atoms with Gasteiger partial charge >= 0.3 is 5.76 Å². The van der Waals surface area contributed by atoms with Crippen molar-refractivity contribution in [1.82, 2.24) is 19.3 Å². The maximum atomic E-state index is 12.5. The lowest BCUT2D eigenvalue weighted by Crippen LogP contribution is -2.26. The van der Waals surface area contributed by atoms with Crippen LogP contribution in [-0.4, -0.2) is 36.6 Å². The van der Waals surface area contributed by atoms with Gasteiger partial charge in [-0.1, -0.05) is 0 Å². The van der Waals surface area contributed by atoms with Gasteiger partial charge in [-0.25, -0.2) is 22.9 Å². The zero-order valence-corrected chi connectivity index (χ0v) is 16.0. The second-order valence-electron chi connectivity index (χ2n) is 6.26. The van der Waals surface area contributed by atoms with E-state index in [-0.39, 0.29) is 17.0 Å². The molecule has 0 spiro atoms. The van der Waals surface area contributed by atoms with E-state index in [0.29, 0.717) is 17.7 Å². The fourth-order valence-corrected chi connectivity index (χ4v) is 4.10. The van der Waals surface area contributed by atoms with Crippen molar-refractivity contribution in [2.45, 2.75) is 11.3 Å². The van der Waals surface area contributed by atoms with Crippen LogP contribution in [0.2, 0.25) is 0 Å². The summed E-state index contributed by atoms with van der Waals surface area (Å²) in [7, 11) is -0.274. The molecule has 28 heavy (non-hydrogen) atoms. The first kappa shape index (κ1) is 18.3. The first-order valence-corrected chi connectivity index (χ1v) is 9.97. The van der Waals surface area contributed by atoms with E-state index in [9.17, 15) is 13.2 Å². The van der Waals surface area contributed by atoms with E-state index in [1.165, 1.54) is 18.2 Å². The van der Waals surface area contributed by atoms with Crippen molar-refractivity contribution in [2.75, 3.05) is 13.7 Å². The van der Waals surface area contributed by atoms with Gasteiger partial charge in [0.25, 0.3) is 0 Å². The van der Waals surface area contributed by atoms with Crippen LogP contribution in [0.15, 0.2) is 50.5 Å². The number of nitrogens with zero attached hydrogens (tertiary/aromatic N) is 2. The maximum absolute atomic E-state index is 12.5. The van der Waals surface area contributed by atoms with Gasteiger partial charge in [0, 0.05) is 32.1 Å². The Morgan fingerprint density at radius 2 is 2.07 bits per heavy atom. The molecule has 0 aliphatic heterocycles. The summed E-state index contributed by atoms with van der Waals surface area (Å²) in [5.41, 5.74) is 2.36. The van der Waals surface area contributed by atoms with E-state index >= 15 is 0 Å². The number of rotatable bonds is 6. The molecule has 0 aliphatic carbocycles. The highest BCUT2D eigenvalue weighted by atomic mass is 32.2. The number of fused-ring (bicyclic) bond motifs is 2. The van der Waals surface area contributed by atoms with Crippen molar-refractivity contribution in [1.29, 1.82) is 0 Å². The third-order valence-electron chi connectivity index (χ3n) is 4.52. The number of imidazole rings is 1. The Kier molecular flexibility index (Phi) is 4.44. The number of aryl methyl sites for hydroxylation is 1. The van der Waals surface area contributed by atoms with Crippen LogP contribution < -0.4 is 15.2 Å². The van der Waals surface area contributed by atoms with E-state index in [1.54, 1.807) is 7.11 Å². The van der Waals surface area contributed by atoms with E-state index in [2.05, 4.69) is 14.7 Å². The number of oxazole rings is 1. The number of H-pyrrole nitrogens is 1. The number of hydrogen-bond donors (Lipinski definition) is 2. The molecule has 0 amide bonds. The molecule has 2 aromatic heterocycles. The van der Waals surface area contributed by atoms with Crippen LogP contribution >= 0.6 is 0 Å². The molecule has 2 N–H and O–H groups in total. The lowest BCUT2D eigenvalue weighted by atomic mass is 10.3. The zero-order chi connectivity index (χ0) is 19.9. The van der Waals surface area contributed by atoms with Gasteiger partial charge in [0.1, 0.15) is 11.6 Å². The molecule has 0 saturated carbocycles. The number of hydrogen-bond acceptors (Lipinski definition) is 6. The first-order chi connectivity index (χ1) is 13.4. The number of aromatic nitrogens is 3. The topological polar surface area (TPSA) is 119 Å². The Bertz CT molecular complexity index is 1330. The number of sulfonamides is 1. The standard InChI is InChI=1S/C18H18N4O5S/c1-22-15-6-3-11(26-2)9-14(15)20-17(22)7-8-19-28(24,25)12-4-5-13-16(10-12)27-18(23)21-13/h3-6,9-10,19H,7-8H2,1-2H3,(H,21,23). The van der Waals surface area contributed by atoms with Crippen LogP contribution in [0.25, 0.3) is 22.1 Å². The van der Waals surface area contributed by atoms with Crippen LogP contribution in [0, 0.1) is 0 Å². The Morgan fingerprint density at radius 3 is 2.86 bits per heavy atom. The van der Waals surface area contributed by atoms with Crippen LogP contribution in [0.1, 0.15) is 5.82 Å². The van der Waals surface area contributed by atoms with Crippen molar-refractivity contribution in [3.05, 3.63) is 52.8 Å². The number of nitrogens with one attached hydrogen (secondary N) is 2. The van der Waals surface area contributed by atoms with Crippen molar-refractivity contribution >= 4 is 32.2 Å². The second-order valence-corrected chi connectivity index (χ2v) is 8.03. The van der Waals surface area contributed by atoms with Crippen LogP contribution in [0.5, 0.6) is 5.75 Å². The summed E-state index contributed by atoms with van der Waals surface area (Å²) in [5.74, 6) is 0.832. The maximum Gasteiger partial charge on any atom is 0.417 e. The molecule has 0 bridgehead atoms. The predicted octanol–water partition coefficient (Wildman–Crippen LogP) is 1.54. The minimum Gasteiger partial charge on any atom is -0.497 e. The van der Waals surface area contributed by atoms with Gasteiger partial charge in [-0.15, -0.1) is 0 Å². The third kappa shape index (κ3) is 3.27. The molecule has 10 heteroatoms. The quantitative estimate of drug-likeness (QED) is 0.505. The molecule has 0 unspecified atom stereocenters. The monoisotopic (exact) mass is 402 g/mol. The molecule has 0 aliphatic rings. The minimum atomic E-state index is -3.75. The van der Waals surface area contributed by atoms with Crippen LogP contribution in [0.4, 0.5) is 0 Å². The number of benzene rings is 2. The van der Waals surface area contributed by atoms with E-state index in [4.69, 9.17) is 9.15 Å². The smallest absolute Gasteiger partial charge is 0.417 e. The van der Waals surface area contributed by atoms with Gasteiger partial charge in [-0.3, -0.25) is 4.98 Å². The molecule has 0 fully saturated rings. The number of methoxy groups -OCH3 is 1. The van der Waals surface area contributed by atoms with E-state index in [1.807, 2.05) is 29.8 Å². The minimum absolute atomic E-state index is 0.0255. The first-order valence-electron chi connectivity index (χ1n) is 8.49. The van der Waals surface area contributed by atoms with Gasteiger partial charge in [-0.05, 0) is 24.3 Å². The zero-order valence-electron chi connectivity index (χ0n) is 15.2. The lowest BCUT2D eigenvalue weighted by Gasteiger charge is -2.07. The highest BCUT2D eigenvalue weighted by Crippen LogP contribution is 2.21. The fraction of sp³-hybridized carbons (Fsp3) is 0.222. The van der Waals surface area contributed by atoms with Gasteiger partial charge in [-0.2, -0.15) is 0 Å². The Balaban J connectivity index is 1.51. The highest BCUT2D eigenvalue weighted by Gasteiger charge is 2.16. The van der Waals surface area contributed by atoms with Gasteiger partial charge in [0.05, 0.1) is 28.6 Å². The summed E-state index contributed by atoms with van der Waals surface area (Å²) in [4.78, 5) is 18.3. The van der Waals surface area contributed by atoms with Gasteiger partial charge in [0.15, 0.2) is 5.58 Å². The molecule has 146 valence electrons. The molecule has 2 heterocycles. The average Bonchev–Trinajstić information content (AvgIpc) is 3.19. The molecule has 0 radical (unpaired) electrons. The Morgan fingerprint density at radius 1 is 1.25 bits per heavy atom. The molecule has 9 nitrogen and oxygen atoms in total. The summed E-state index contributed by atoms with van der Waals surface area (Å²) in [6, 6.07) is 9.83. The molecule has 0 atom stereocenters. The van der Waals surface area contributed by atoms with Gasteiger partial charge < -0.3 is 13.7 Å². The van der Waals surface area contributed by atoms with Crippen molar-refractivity contribution in [2.24, 2.45) is 7.05 Å². The SMILES string of the molecule is COc1ccc2c(c1)nc(CCNS(=O)(=O)c1ccc3[nH]c(=O)oc3c1)n2C. The molecular weight excluding hydrogens is 384 g/mol. The highest BCUT2D eigenvalue weighted by molar-refractivity contribution is 7.89. The third-order valence-corrected chi connectivity index (χ3v) is 5.98. The molecule has 2 aromatic carbocycles. The molecular formula is C18H18N4O5S. The van der Waals surface area contributed by atoms with Gasteiger partial charge in [0.2, 0.25) is 10.0 Å². The average molecular weight is 402 g/mol. The fourth-order valence-electron chi connectivity index (χ4n) is 3.05. The van der Waals surface area contributed by atoms with E-state index < -0.39 is 15.8 Å². The largest absolute Gasteiger partial charge is 0.497 e. The molecule has 0 saturated heterocycles. The van der Waals surface area contributed by atoms with Crippen LogP contribution in [-0.2, 0) is 23.5 Å². The van der Waals surface area contributed by atoms with E-state index in [0.717, 1.165) is 16.9 Å². The lowest BCUT2D eigenvalue weighted by molar-refractivity contribution is 0.415. The second kappa shape index (κ2) is 6.80. The Hall–Kier alpha value is -3.11. The Labute approximate surface area is 160 Å². The predicted molar refractivity (Wildman–Crippen MR) is 103 cm³/mol.